The molecule has 7 heteroatoms. The molecular weight excluding hydrogens is 316 g/mol. The Morgan fingerprint density at radius 3 is 2.91 bits per heavy atom. The number of benzene rings is 1. The molecule has 1 atom stereocenters. The van der Waals surface area contributed by atoms with Gasteiger partial charge in [-0.25, -0.2) is 9.78 Å². The Hall–Kier alpha value is -2.12. The molecule has 2 rings (SSSR count). The zero-order valence-electron chi connectivity index (χ0n) is 13.0. The summed E-state index contributed by atoms with van der Waals surface area (Å²) in [6, 6.07) is 4.62. The van der Waals surface area contributed by atoms with E-state index in [1.54, 1.807) is 19.1 Å². The normalized spacial score (nSPS) is 12.1. The van der Waals surface area contributed by atoms with E-state index < -0.39 is 12.1 Å². The SMILES string of the molecule is C=CCSc1nc2cc(C(=O)OC)ccc2c(=O)n1CC(C)O. The number of rotatable bonds is 6. The van der Waals surface area contributed by atoms with Gasteiger partial charge in [0, 0.05) is 5.75 Å². The number of aliphatic hydroxyl groups is 1. The first-order valence-corrected chi connectivity index (χ1v) is 8.01. The number of hydrogen-bond donors (Lipinski definition) is 1. The van der Waals surface area contributed by atoms with Crippen LogP contribution in [0, 0.1) is 0 Å². The second kappa shape index (κ2) is 7.43. The first-order chi connectivity index (χ1) is 11.0. The molecule has 1 heterocycles. The highest BCUT2D eigenvalue weighted by atomic mass is 32.2. The molecule has 1 unspecified atom stereocenters. The van der Waals surface area contributed by atoms with Gasteiger partial charge in [0.05, 0.1) is 36.2 Å². The van der Waals surface area contributed by atoms with Gasteiger partial charge in [0.25, 0.3) is 5.56 Å². The molecule has 0 spiro atoms. The molecule has 0 saturated heterocycles. The third-order valence-corrected chi connectivity index (χ3v) is 4.09. The molecule has 0 bridgehead atoms. The van der Waals surface area contributed by atoms with Crippen molar-refractivity contribution in [3.8, 4) is 0 Å². The van der Waals surface area contributed by atoms with Crippen LogP contribution >= 0.6 is 11.8 Å². The van der Waals surface area contributed by atoms with Crippen LogP contribution in [0.15, 0.2) is 40.8 Å². The molecule has 6 nitrogen and oxygen atoms in total. The third-order valence-electron chi connectivity index (χ3n) is 3.12. The summed E-state index contributed by atoms with van der Waals surface area (Å²) in [7, 11) is 1.30. The van der Waals surface area contributed by atoms with Crippen LogP contribution in [0.2, 0.25) is 0 Å². The first kappa shape index (κ1) is 17.2. The van der Waals surface area contributed by atoms with Gasteiger partial charge < -0.3 is 9.84 Å². The Morgan fingerprint density at radius 1 is 1.57 bits per heavy atom. The highest BCUT2D eigenvalue weighted by molar-refractivity contribution is 7.99. The van der Waals surface area contributed by atoms with Crippen LogP contribution in [0.1, 0.15) is 17.3 Å². The second-order valence-electron chi connectivity index (χ2n) is 4.98. The molecule has 0 fully saturated rings. The van der Waals surface area contributed by atoms with Crippen LogP contribution in [0.3, 0.4) is 0 Å². The molecule has 1 aromatic carbocycles. The minimum absolute atomic E-state index is 0.153. The number of carbonyl (C=O) groups is 1. The summed E-state index contributed by atoms with van der Waals surface area (Å²) in [6.07, 6.45) is 1.03. The van der Waals surface area contributed by atoms with Crippen LogP contribution < -0.4 is 5.56 Å². The number of carbonyl (C=O) groups excluding carboxylic acids is 1. The van der Waals surface area contributed by atoms with Crippen LogP contribution in [-0.4, -0.2) is 39.6 Å². The van der Waals surface area contributed by atoms with E-state index in [-0.39, 0.29) is 12.1 Å². The fourth-order valence-corrected chi connectivity index (χ4v) is 2.86. The Labute approximate surface area is 137 Å². The fraction of sp³-hybridized carbons (Fsp3) is 0.312. The van der Waals surface area contributed by atoms with Gasteiger partial charge in [-0.2, -0.15) is 0 Å². The average Bonchev–Trinajstić information content (AvgIpc) is 2.54. The maximum atomic E-state index is 12.7. The number of methoxy groups -OCH3 is 1. The molecule has 2 aromatic rings. The van der Waals surface area contributed by atoms with Crippen molar-refractivity contribution < 1.29 is 14.6 Å². The second-order valence-corrected chi connectivity index (χ2v) is 5.97. The molecule has 0 saturated carbocycles. The molecule has 1 aromatic heterocycles. The number of aromatic nitrogens is 2. The summed E-state index contributed by atoms with van der Waals surface area (Å²) in [5, 5.41) is 10.5. The zero-order valence-corrected chi connectivity index (χ0v) is 13.8. The van der Waals surface area contributed by atoms with E-state index in [9.17, 15) is 14.7 Å². The molecule has 0 radical (unpaired) electrons. The molecular formula is C16H18N2O4S. The van der Waals surface area contributed by atoms with E-state index >= 15 is 0 Å². The maximum absolute atomic E-state index is 12.7. The molecule has 0 amide bonds. The van der Waals surface area contributed by atoms with Gasteiger partial charge in [0.1, 0.15) is 0 Å². The van der Waals surface area contributed by atoms with Crippen LogP contribution in [0.25, 0.3) is 10.9 Å². The van der Waals surface area contributed by atoms with Crippen LogP contribution in [0.5, 0.6) is 0 Å². The molecule has 0 aliphatic heterocycles. The number of nitrogens with zero attached hydrogens (tertiary/aromatic N) is 2. The quantitative estimate of drug-likeness (QED) is 0.376. The van der Waals surface area contributed by atoms with E-state index in [2.05, 4.69) is 16.3 Å². The number of hydrogen-bond acceptors (Lipinski definition) is 6. The molecule has 1 N–H and O–H groups in total. The van der Waals surface area contributed by atoms with E-state index in [1.807, 2.05) is 0 Å². The van der Waals surface area contributed by atoms with Crippen molar-refractivity contribution in [2.75, 3.05) is 12.9 Å². The Morgan fingerprint density at radius 2 is 2.30 bits per heavy atom. The predicted octanol–water partition coefficient (Wildman–Crippen LogP) is 1.84. The summed E-state index contributed by atoms with van der Waals surface area (Å²) < 4.78 is 6.13. The topological polar surface area (TPSA) is 81.4 Å². The van der Waals surface area contributed by atoms with E-state index in [0.717, 1.165) is 0 Å². The van der Waals surface area contributed by atoms with E-state index in [4.69, 9.17) is 0 Å². The number of fused-ring (bicyclic) bond motifs is 1. The van der Waals surface area contributed by atoms with Crippen LogP contribution in [0.4, 0.5) is 0 Å². The largest absolute Gasteiger partial charge is 0.465 e. The number of thioether (sulfide) groups is 1. The molecule has 23 heavy (non-hydrogen) atoms. The van der Waals surface area contributed by atoms with Crippen molar-refractivity contribution in [2.24, 2.45) is 0 Å². The Balaban J connectivity index is 2.64. The van der Waals surface area contributed by atoms with E-state index in [1.165, 1.54) is 35.6 Å². The Bertz CT molecular complexity index is 799. The lowest BCUT2D eigenvalue weighted by Crippen LogP contribution is -2.28. The van der Waals surface area contributed by atoms with Crippen molar-refractivity contribution in [3.05, 3.63) is 46.8 Å². The van der Waals surface area contributed by atoms with Gasteiger partial charge in [0.2, 0.25) is 0 Å². The average molecular weight is 334 g/mol. The number of aliphatic hydroxyl groups excluding tert-OH is 1. The summed E-state index contributed by atoms with van der Waals surface area (Å²) in [5.74, 6) is 0.0937. The van der Waals surface area contributed by atoms with Gasteiger partial charge >= 0.3 is 5.97 Å². The summed E-state index contributed by atoms with van der Waals surface area (Å²) in [5.41, 5.74) is 0.505. The minimum atomic E-state index is -0.677. The van der Waals surface area contributed by atoms with E-state index in [0.29, 0.717) is 27.4 Å². The van der Waals surface area contributed by atoms with Crippen molar-refractivity contribution in [1.82, 2.24) is 9.55 Å². The Kier molecular flexibility index (Phi) is 5.57. The van der Waals surface area contributed by atoms with Crippen molar-refractivity contribution in [1.29, 1.82) is 0 Å². The zero-order chi connectivity index (χ0) is 17.0. The highest BCUT2D eigenvalue weighted by Gasteiger charge is 2.15. The number of ether oxygens (including phenoxy) is 1. The van der Waals surface area contributed by atoms with Crippen molar-refractivity contribution in [2.45, 2.75) is 24.7 Å². The van der Waals surface area contributed by atoms with Gasteiger partial charge in [-0.15, -0.1) is 6.58 Å². The maximum Gasteiger partial charge on any atom is 0.337 e. The monoisotopic (exact) mass is 334 g/mol. The summed E-state index contributed by atoms with van der Waals surface area (Å²) in [4.78, 5) is 28.7. The highest BCUT2D eigenvalue weighted by Crippen LogP contribution is 2.19. The van der Waals surface area contributed by atoms with Crippen LogP contribution in [-0.2, 0) is 11.3 Å². The van der Waals surface area contributed by atoms with Crippen molar-refractivity contribution >= 4 is 28.6 Å². The number of esters is 1. The van der Waals surface area contributed by atoms with Gasteiger partial charge in [-0.05, 0) is 25.1 Å². The summed E-state index contributed by atoms with van der Waals surface area (Å²) in [6.45, 7) is 5.42. The summed E-state index contributed by atoms with van der Waals surface area (Å²) >= 11 is 1.34. The molecule has 122 valence electrons. The molecule has 0 aliphatic carbocycles. The lowest BCUT2D eigenvalue weighted by molar-refractivity contribution is 0.0601. The third kappa shape index (κ3) is 3.80. The molecule has 0 aliphatic rings. The van der Waals surface area contributed by atoms with Crippen molar-refractivity contribution in [3.63, 3.8) is 0 Å². The van der Waals surface area contributed by atoms with Gasteiger partial charge in [-0.3, -0.25) is 9.36 Å². The first-order valence-electron chi connectivity index (χ1n) is 7.02. The lowest BCUT2D eigenvalue weighted by atomic mass is 10.1. The standard InChI is InChI=1S/C16H18N2O4S/c1-4-7-23-16-17-13-8-11(15(21)22-3)5-6-12(13)14(20)18(16)9-10(2)19/h4-6,8,10,19H,1,7,9H2,2-3H3. The predicted molar refractivity (Wildman–Crippen MR) is 89.9 cm³/mol. The fourth-order valence-electron chi connectivity index (χ4n) is 2.11. The lowest BCUT2D eigenvalue weighted by Gasteiger charge is -2.14. The smallest absolute Gasteiger partial charge is 0.337 e. The van der Waals surface area contributed by atoms with Gasteiger partial charge in [-0.1, -0.05) is 17.8 Å². The van der Waals surface area contributed by atoms with Gasteiger partial charge in [0.15, 0.2) is 5.16 Å². The minimum Gasteiger partial charge on any atom is -0.465 e.